The fourth-order valence-electron chi connectivity index (χ4n) is 2.09. The Labute approximate surface area is 87.3 Å². The van der Waals surface area contributed by atoms with Crippen molar-refractivity contribution in [1.29, 1.82) is 0 Å². The molecule has 2 aliphatic rings. The van der Waals surface area contributed by atoms with Gasteiger partial charge in [-0.3, -0.25) is 9.59 Å². The first kappa shape index (κ1) is 8.83. The van der Waals surface area contributed by atoms with E-state index in [0.717, 1.165) is 31.4 Å². The second-order valence-corrected chi connectivity index (χ2v) is 4.31. The third-order valence-electron chi connectivity index (χ3n) is 3.12. The monoisotopic (exact) mass is 204 g/mol. The first-order chi connectivity index (χ1) is 7.27. The Morgan fingerprint density at radius 2 is 2.20 bits per heavy atom. The summed E-state index contributed by atoms with van der Waals surface area (Å²) in [5.74, 6) is 0.364. The Kier molecular flexibility index (Phi) is 1.78. The molecule has 0 saturated heterocycles. The molecule has 1 fully saturated rings. The zero-order valence-electron chi connectivity index (χ0n) is 8.40. The molecule has 4 heteroatoms. The van der Waals surface area contributed by atoms with Crippen LogP contribution in [0, 0.1) is 5.92 Å². The summed E-state index contributed by atoms with van der Waals surface area (Å²) >= 11 is 0. The van der Waals surface area contributed by atoms with Crippen molar-refractivity contribution in [2.45, 2.75) is 32.1 Å². The minimum absolute atomic E-state index is 0.0750. The Balaban J connectivity index is 2.02. The molecule has 1 aromatic rings. The van der Waals surface area contributed by atoms with E-state index in [-0.39, 0.29) is 17.6 Å². The van der Waals surface area contributed by atoms with Crippen LogP contribution in [0.5, 0.6) is 0 Å². The van der Waals surface area contributed by atoms with E-state index in [1.165, 1.54) is 4.68 Å². The van der Waals surface area contributed by atoms with Gasteiger partial charge < -0.3 is 0 Å². The molecule has 0 bridgehead atoms. The van der Waals surface area contributed by atoms with Crippen molar-refractivity contribution in [1.82, 2.24) is 9.78 Å². The maximum absolute atomic E-state index is 11.8. The molecular formula is C11H12N2O2. The lowest BCUT2D eigenvalue weighted by atomic mass is 9.97. The molecule has 0 atom stereocenters. The van der Waals surface area contributed by atoms with Crippen LogP contribution in [0.2, 0.25) is 0 Å². The number of carbonyl (C=O) groups excluding carboxylic acids is 2. The molecule has 4 nitrogen and oxygen atoms in total. The Bertz CT molecular complexity index is 443. The second kappa shape index (κ2) is 3.02. The summed E-state index contributed by atoms with van der Waals surface area (Å²) in [7, 11) is 0. The van der Waals surface area contributed by atoms with Crippen molar-refractivity contribution >= 4 is 11.7 Å². The summed E-state index contributed by atoms with van der Waals surface area (Å²) in [5.41, 5.74) is 1.50. The van der Waals surface area contributed by atoms with Crippen molar-refractivity contribution < 1.29 is 9.59 Å². The van der Waals surface area contributed by atoms with E-state index in [1.54, 1.807) is 6.20 Å². The van der Waals surface area contributed by atoms with Gasteiger partial charge in [-0.15, -0.1) is 0 Å². The molecule has 2 aliphatic carbocycles. The Hall–Kier alpha value is -1.45. The highest BCUT2D eigenvalue weighted by Crippen LogP contribution is 2.32. The topological polar surface area (TPSA) is 52.0 Å². The van der Waals surface area contributed by atoms with Crippen molar-refractivity contribution in [3.8, 4) is 0 Å². The number of rotatable bonds is 1. The van der Waals surface area contributed by atoms with Gasteiger partial charge in [-0.2, -0.15) is 5.10 Å². The maximum Gasteiger partial charge on any atom is 0.250 e. The molecule has 0 N–H and O–H groups in total. The van der Waals surface area contributed by atoms with Gasteiger partial charge in [-0.1, -0.05) is 0 Å². The van der Waals surface area contributed by atoms with Gasteiger partial charge in [0.15, 0.2) is 5.78 Å². The molecule has 0 aromatic carbocycles. The highest BCUT2D eigenvalue weighted by Gasteiger charge is 2.34. The molecule has 1 heterocycles. The highest BCUT2D eigenvalue weighted by atomic mass is 16.2. The minimum atomic E-state index is 0.0750. The van der Waals surface area contributed by atoms with Crippen LogP contribution >= 0.6 is 0 Å². The Morgan fingerprint density at radius 1 is 1.40 bits per heavy atom. The average Bonchev–Trinajstić information content (AvgIpc) is 2.98. The van der Waals surface area contributed by atoms with Crippen LogP contribution in [0.4, 0.5) is 0 Å². The van der Waals surface area contributed by atoms with E-state index in [0.29, 0.717) is 12.0 Å². The summed E-state index contributed by atoms with van der Waals surface area (Å²) in [6, 6.07) is 0. The van der Waals surface area contributed by atoms with Crippen LogP contribution < -0.4 is 0 Å². The SMILES string of the molecule is O=C1CCCc2c1cnn2C(=O)C1CC1. The molecule has 0 radical (unpaired) electrons. The number of hydrogen-bond donors (Lipinski definition) is 0. The van der Waals surface area contributed by atoms with Gasteiger partial charge >= 0.3 is 0 Å². The summed E-state index contributed by atoms with van der Waals surface area (Å²) in [6.45, 7) is 0. The molecule has 78 valence electrons. The first-order valence-corrected chi connectivity index (χ1v) is 5.41. The van der Waals surface area contributed by atoms with E-state index < -0.39 is 0 Å². The maximum atomic E-state index is 11.8. The predicted molar refractivity (Wildman–Crippen MR) is 52.8 cm³/mol. The number of ketones is 1. The van der Waals surface area contributed by atoms with Crippen molar-refractivity contribution in [3.05, 3.63) is 17.5 Å². The molecule has 1 aromatic heterocycles. The van der Waals surface area contributed by atoms with Crippen molar-refractivity contribution in [2.75, 3.05) is 0 Å². The number of nitrogens with zero attached hydrogens (tertiary/aromatic N) is 2. The van der Waals surface area contributed by atoms with Gasteiger partial charge in [0.05, 0.1) is 17.5 Å². The van der Waals surface area contributed by atoms with Crippen LogP contribution in [-0.4, -0.2) is 21.5 Å². The molecule has 15 heavy (non-hydrogen) atoms. The van der Waals surface area contributed by atoms with Gasteiger partial charge in [0, 0.05) is 12.3 Å². The third-order valence-corrected chi connectivity index (χ3v) is 3.12. The number of Topliss-reactive ketones (excluding diaryl/α,β-unsaturated/α-hetero) is 1. The van der Waals surface area contributed by atoms with Crippen LogP contribution in [0.25, 0.3) is 0 Å². The smallest absolute Gasteiger partial charge is 0.250 e. The molecular weight excluding hydrogens is 192 g/mol. The van der Waals surface area contributed by atoms with Crippen LogP contribution in [-0.2, 0) is 6.42 Å². The quantitative estimate of drug-likeness (QED) is 0.695. The first-order valence-electron chi connectivity index (χ1n) is 5.41. The van der Waals surface area contributed by atoms with Crippen molar-refractivity contribution in [2.24, 2.45) is 5.92 Å². The number of aromatic nitrogens is 2. The lowest BCUT2D eigenvalue weighted by Crippen LogP contribution is -2.20. The molecule has 1 saturated carbocycles. The summed E-state index contributed by atoms with van der Waals surface area (Å²) in [4.78, 5) is 23.4. The molecule has 0 aliphatic heterocycles. The van der Waals surface area contributed by atoms with E-state index in [4.69, 9.17) is 0 Å². The fourth-order valence-corrected chi connectivity index (χ4v) is 2.09. The Morgan fingerprint density at radius 3 is 2.93 bits per heavy atom. The van der Waals surface area contributed by atoms with E-state index in [1.807, 2.05) is 0 Å². The predicted octanol–water partition coefficient (Wildman–Crippen LogP) is 1.45. The number of hydrogen-bond acceptors (Lipinski definition) is 3. The van der Waals surface area contributed by atoms with Crippen LogP contribution in [0.1, 0.15) is 46.5 Å². The van der Waals surface area contributed by atoms with Gasteiger partial charge in [-0.25, -0.2) is 4.68 Å². The average molecular weight is 204 g/mol. The van der Waals surface area contributed by atoms with E-state index >= 15 is 0 Å². The van der Waals surface area contributed by atoms with Crippen LogP contribution in [0.15, 0.2) is 6.20 Å². The van der Waals surface area contributed by atoms with Gasteiger partial charge in [-0.05, 0) is 25.7 Å². The van der Waals surface area contributed by atoms with Gasteiger partial charge in [0.1, 0.15) is 0 Å². The highest BCUT2D eigenvalue weighted by molar-refractivity contribution is 5.99. The van der Waals surface area contributed by atoms with Crippen LogP contribution in [0.3, 0.4) is 0 Å². The van der Waals surface area contributed by atoms with Gasteiger partial charge in [0.25, 0.3) is 0 Å². The molecule has 0 unspecified atom stereocenters. The van der Waals surface area contributed by atoms with Gasteiger partial charge in [0.2, 0.25) is 5.91 Å². The summed E-state index contributed by atoms with van der Waals surface area (Å²) < 4.78 is 1.46. The number of carbonyl (C=O) groups is 2. The number of fused-ring (bicyclic) bond motifs is 1. The fraction of sp³-hybridized carbons (Fsp3) is 0.545. The second-order valence-electron chi connectivity index (χ2n) is 4.31. The molecule has 0 amide bonds. The lowest BCUT2D eigenvalue weighted by Gasteiger charge is -2.11. The zero-order chi connectivity index (χ0) is 10.4. The molecule has 3 rings (SSSR count). The summed E-state index contributed by atoms with van der Waals surface area (Å²) in [6.07, 6.45) is 5.74. The minimum Gasteiger partial charge on any atom is -0.294 e. The van der Waals surface area contributed by atoms with Crippen molar-refractivity contribution in [3.63, 3.8) is 0 Å². The summed E-state index contributed by atoms with van der Waals surface area (Å²) in [5, 5.41) is 4.06. The third kappa shape index (κ3) is 1.32. The van der Waals surface area contributed by atoms with E-state index in [9.17, 15) is 9.59 Å². The molecule has 0 spiro atoms. The zero-order valence-corrected chi connectivity index (χ0v) is 8.40. The lowest BCUT2D eigenvalue weighted by molar-refractivity contribution is 0.0865. The van der Waals surface area contributed by atoms with E-state index in [2.05, 4.69) is 5.10 Å². The largest absolute Gasteiger partial charge is 0.294 e. The normalized spacial score (nSPS) is 20.1. The standard InChI is InChI=1S/C11H12N2O2/c14-10-3-1-2-9-8(10)6-12-13(9)11(15)7-4-5-7/h6-7H,1-5H2.